The standard InChI is InChI=1S/C17H18ClN3O4/c1-12-3-2-4-14(11-12)20-16(22)19-9-10-25-17(23)21(24)15-7-5-13(18)6-8-15/h2-8,11,24H,9-10H2,1H3,(H2,19,20,22). The van der Waals surface area contributed by atoms with Crippen molar-refractivity contribution < 1.29 is 19.5 Å². The van der Waals surface area contributed by atoms with Crippen LogP contribution in [0.25, 0.3) is 0 Å². The minimum Gasteiger partial charge on any atom is -0.446 e. The Hall–Kier alpha value is -2.77. The maximum atomic E-state index is 11.7. The van der Waals surface area contributed by atoms with Gasteiger partial charge in [0.15, 0.2) is 0 Å². The Bertz CT molecular complexity index is 737. The topological polar surface area (TPSA) is 90.9 Å². The number of rotatable bonds is 5. The summed E-state index contributed by atoms with van der Waals surface area (Å²) >= 11 is 5.73. The zero-order chi connectivity index (χ0) is 18.2. The van der Waals surface area contributed by atoms with Crippen molar-refractivity contribution >= 4 is 35.1 Å². The largest absolute Gasteiger partial charge is 0.446 e. The number of carbonyl (C=O) groups is 2. The number of amides is 3. The number of hydrogen-bond acceptors (Lipinski definition) is 4. The Morgan fingerprint density at radius 1 is 1.20 bits per heavy atom. The highest BCUT2D eigenvalue weighted by Gasteiger charge is 2.14. The van der Waals surface area contributed by atoms with Crippen molar-refractivity contribution in [3.05, 3.63) is 59.1 Å². The Labute approximate surface area is 150 Å². The number of hydrogen-bond donors (Lipinski definition) is 3. The first-order valence-electron chi connectivity index (χ1n) is 7.48. The van der Waals surface area contributed by atoms with Gasteiger partial charge in [-0.05, 0) is 48.9 Å². The Kier molecular flexibility index (Phi) is 6.62. The van der Waals surface area contributed by atoms with Crippen LogP contribution in [-0.2, 0) is 4.74 Å². The predicted octanol–water partition coefficient (Wildman–Crippen LogP) is 3.80. The second kappa shape index (κ2) is 8.91. The van der Waals surface area contributed by atoms with Gasteiger partial charge in [0.2, 0.25) is 0 Å². The molecule has 0 bridgehead atoms. The van der Waals surface area contributed by atoms with E-state index in [0.29, 0.717) is 15.8 Å². The highest BCUT2D eigenvalue weighted by Crippen LogP contribution is 2.17. The summed E-state index contributed by atoms with van der Waals surface area (Å²) in [5, 5.41) is 15.8. The maximum absolute atomic E-state index is 11.7. The molecular formula is C17H18ClN3O4. The third-order valence-corrected chi connectivity index (χ3v) is 3.39. The van der Waals surface area contributed by atoms with Crippen LogP contribution in [0.1, 0.15) is 5.56 Å². The minimum absolute atomic E-state index is 0.0925. The van der Waals surface area contributed by atoms with E-state index in [1.54, 1.807) is 6.07 Å². The highest BCUT2D eigenvalue weighted by molar-refractivity contribution is 6.30. The van der Waals surface area contributed by atoms with E-state index in [9.17, 15) is 14.8 Å². The fourth-order valence-corrected chi connectivity index (χ4v) is 2.08. The van der Waals surface area contributed by atoms with Gasteiger partial charge >= 0.3 is 12.1 Å². The molecule has 0 radical (unpaired) electrons. The predicted molar refractivity (Wildman–Crippen MR) is 95.3 cm³/mol. The maximum Gasteiger partial charge on any atom is 0.438 e. The summed E-state index contributed by atoms with van der Waals surface area (Å²) < 4.78 is 4.87. The molecule has 3 amide bonds. The van der Waals surface area contributed by atoms with Crippen molar-refractivity contribution in [2.75, 3.05) is 23.5 Å². The molecule has 0 unspecified atom stereocenters. The molecule has 0 aliphatic carbocycles. The second-order valence-electron chi connectivity index (χ2n) is 5.15. The molecule has 2 rings (SSSR count). The number of carbonyl (C=O) groups excluding carboxylic acids is 2. The van der Waals surface area contributed by atoms with E-state index >= 15 is 0 Å². The highest BCUT2D eigenvalue weighted by atomic mass is 35.5. The van der Waals surface area contributed by atoms with Crippen LogP contribution < -0.4 is 15.7 Å². The van der Waals surface area contributed by atoms with Gasteiger partial charge in [0, 0.05) is 10.7 Å². The Morgan fingerprint density at radius 3 is 2.60 bits per heavy atom. The molecule has 0 saturated heterocycles. The van der Waals surface area contributed by atoms with E-state index in [-0.39, 0.29) is 18.8 Å². The molecule has 8 heteroatoms. The van der Waals surface area contributed by atoms with Crippen molar-refractivity contribution in [2.24, 2.45) is 0 Å². The third-order valence-electron chi connectivity index (χ3n) is 3.13. The van der Waals surface area contributed by atoms with Crippen LogP contribution in [0.15, 0.2) is 48.5 Å². The first-order chi connectivity index (χ1) is 12.0. The molecule has 0 fully saturated rings. The van der Waals surface area contributed by atoms with Gasteiger partial charge in [-0.15, -0.1) is 0 Å². The number of aryl methyl sites for hydroxylation is 1. The van der Waals surface area contributed by atoms with Gasteiger partial charge in [-0.3, -0.25) is 5.21 Å². The molecule has 3 N–H and O–H groups in total. The number of nitrogens with one attached hydrogen (secondary N) is 2. The Morgan fingerprint density at radius 2 is 1.92 bits per heavy atom. The van der Waals surface area contributed by atoms with Gasteiger partial charge in [0.1, 0.15) is 6.61 Å². The SMILES string of the molecule is Cc1cccc(NC(=O)NCCOC(=O)N(O)c2ccc(Cl)cc2)c1. The number of ether oxygens (including phenoxy) is 1. The smallest absolute Gasteiger partial charge is 0.438 e. The van der Waals surface area contributed by atoms with Crippen LogP contribution in [0.2, 0.25) is 5.02 Å². The summed E-state index contributed by atoms with van der Waals surface area (Å²) in [6.45, 7) is 1.92. The molecule has 0 heterocycles. The van der Waals surface area contributed by atoms with Gasteiger partial charge in [-0.1, -0.05) is 23.7 Å². The van der Waals surface area contributed by atoms with Crippen LogP contribution in [-0.4, -0.2) is 30.5 Å². The van der Waals surface area contributed by atoms with Crippen molar-refractivity contribution in [2.45, 2.75) is 6.92 Å². The number of urea groups is 1. The average molecular weight is 364 g/mol. The summed E-state index contributed by atoms with van der Waals surface area (Å²) in [7, 11) is 0. The van der Waals surface area contributed by atoms with Crippen LogP contribution in [0.4, 0.5) is 21.0 Å². The molecule has 2 aromatic carbocycles. The summed E-state index contributed by atoms with van der Waals surface area (Å²) in [5.41, 5.74) is 1.91. The van der Waals surface area contributed by atoms with Gasteiger partial charge in [0.05, 0.1) is 12.2 Å². The van der Waals surface area contributed by atoms with Crippen molar-refractivity contribution in [3.8, 4) is 0 Å². The van der Waals surface area contributed by atoms with Crippen molar-refractivity contribution in [1.82, 2.24) is 5.32 Å². The molecule has 0 atom stereocenters. The molecule has 0 spiro atoms. The molecule has 0 aliphatic rings. The van der Waals surface area contributed by atoms with Gasteiger partial charge in [-0.2, -0.15) is 5.06 Å². The first-order valence-corrected chi connectivity index (χ1v) is 7.86. The van der Waals surface area contributed by atoms with E-state index in [4.69, 9.17) is 16.3 Å². The number of anilines is 2. The lowest BCUT2D eigenvalue weighted by Gasteiger charge is -2.15. The molecule has 0 aromatic heterocycles. The van der Waals surface area contributed by atoms with Crippen LogP contribution in [0.3, 0.4) is 0 Å². The molecule has 7 nitrogen and oxygen atoms in total. The quantitative estimate of drug-likeness (QED) is 0.428. The summed E-state index contributed by atoms with van der Waals surface area (Å²) in [6.07, 6.45) is -0.955. The first kappa shape index (κ1) is 18.6. The van der Waals surface area contributed by atoms with Gasteiger partial charge in [0.25, 0.3) is 0 Å². The average Bonchev–Trinajstić information content (AvgIpc) is 2.58. The van der Waals surface area contributed by atoms with Crippen LogP contribution >= 0.6 is 11.6 Å². The molecular weight excluding hydrogens is 346 g/mol. The zero-order valence-corrected chi connectivity index (χ0v) is 14.3. The molecule has 132 valence electrons. The van der Waals surface area contributed by atoms with Crippen LogP contribution in [0.5, 0.6) is 0 Å². The number of hydroxylamine groups is 1. The van der Waals surface area contributed by atoms with E-state index in [2.05, 4.69) is 10.6 Å². The summed E-state index contributed by atoms with van der Waals surface area (Å²) in [5.74, 6) is 0. The summed E-state index contributed by atoms with van der Waals surface area (Å²) in [6, 6.07) is 12.9. The number of nitrogens with zero attached hydrogens (tertiary/aromatic N) is 1. The number of halogens is 1. The van der Waals surface area contributed by atoms with E-state index in [0.717, 1.165) is 5.56 Å². The molecule has 0 aliphatic heterocycles. The van der Waals surface area contributed by atoms with E-state index in [1.807, 2.05) is 25.1 Å². The minimum atomic E-state index is -0.955. The number of benzene rings is 2. The van der Waals surface area contributed by atoms with E-state index in [1.165, 1.54) is 24.3 Å². The fourth-order valence-electron chi connectivity index (χ4n) is 1.95. The molecule has 0 saturated carbocycles. The lowest BCUT2D eigenvalue weighted by Crippen LogP contribution is -2.34. The Balaban J connectivity index is 1.70. The van der Waals surface area contributed by atoms with Gasteiger partial charge in [-0.25, -0.2) is 9.59 Å². The zero-order valence-electron chi connectivity index (χ0n) is 13.5. The molecule has 25 heavy (non-hydrogen) atoms. The van der Waals surface area contributed by atoms with Crippen molar-refractivity contribution in [3.63, 3.8) is 0 Å². The lowest BCUT2D eigenvalue weighted by atomic mass is 10.2. The fraction of sp³-hybridized carbons (Fsp3) is 0.176. The molecule has 2 aromatic rings. The van der Waals surface area contributed by atoms with Gasteiger partial charge < -0.3 is 15.4 Å². The van der Waals surface area contributed by atoms with Crippen molar-refractivity contribution in [1.29, 1.82) is 0 Å². The van der Waals surface area contributed by atoms with E-state index < -0.39 is 12.1 Å². The third kappa shape index (κ3) is 5.98. The monoisotopic (exact) mass is 363 g/mol. The normalized spacial score (nSPS) is 10.0. The second-order valence-corrected chi connectivity index (χ2v) is 5.59. The van der Waals surface area contributed by atoms with Crippen LogP contribution in [0, 0.1) is 6.92 Å². The lowest BCUT2D eigenvalue weighted by molar-refractivity contribution is 0.121. The summed E-state index contributed by atoms with van der Waals surface area (Å²) in [4.78, 5) is 23.4.